The molecule has 0 spiro atoms. The van der Waals surface area contributed by atoms with Gasteiger partial charge in [0.05, 0.1) is 0 Å². The molecule has 0 aliphatic heterocycles. The molecule has 31 heavy (non-hydrogen) atoms. The van der Waals surface area contributed by atoms with Crippen LogP contribution in [0.25, 0.3) is 0 Å². The molecule has 0 aliphatic carbocycles. The SMILES string of the molecule is CCCCNC(=O)[C@@H](C)N(Cc1c(Cl)cccc1Cl)C(=O)COc1ccc(Br)c(C)c1. The van der Waals surface area contributed by atoms with E-state index in [1.54, 1.807) is 31.2 Å². The van der Waals surface area contributed by atoms with Crippen molar-refractivity contribution in [3.63, 3.8) is 0 Å². The second kappa shape index (κ2) is 12.3. The average molecular weight is 530 g/mol. The first kappa shape index (κ1) is 25.5. The molecule has 2 aromatic rings. The number of aryl methyl sites for hydroxylation is 1. The van der Waals surface area contributed by atoms with Crippen LogP contribution in [0.15, 0.2) is 40.9 Å². The highest BCUT2D eigenvalue weighted by Gasteiger charge is 2.27. The third-order valence-corrected chi connectivity index (χ3v) is 6.48. The Kier molecular flexibility index (Phi) is 10.1. The summed E-state index contributed by atoms with van der Waals surface area (Å²) >= 11 is 16.1. The minimum Gasteiger partial charge on any atom is -0.484 e. The van der Waals surface area contributed by atoms with Crippen LogP contribution >= 0.6 is 39.1 Å². The molecule has 1 N–H and O–H groups in total. The number of rotatable bonds is 10. The van der Waals surface area contributed by atoms with Crippen LogP contribution in [0.1, 0.15) is 37.8 Å². The molecule has 0 bridgehead atoms. The molecule has 2 aromatic carbocycles. The summed E-state index contributed by atoms with van der Waals surface area (Å²) in [6.07, 6.45) is 1.84. The van der Waals surface area contributed by atoms with Crippen molar-refractivity contribution < 1.29 is 14.3 Å². The summed E-state index contributed by atoms with van der Waals surface area (Å²) < 4.78 is 6.66. The Hall–Kier alpha value is -1.76. The van der Waals surface area contributed by atoms with Gasteiger partial charge in [-0.3, -0.25) is 9.59 Å². The van der Waals surface area contributed by atoms with Crippen molar-refractivity contribution in [2.75, 3.05) is 13.2 Å². The van der Waals surface area contributed by atoms with Gasteiger partial charge in [-0.05, 0) is 56.2 Å². The minimum absolute atomic E-state index is 0.0996. The number of nitrogens with one attached hydrogen (secondary N) is 1. The van der Waals surface area contributed by atoms with E-state index < -0.39 is 6.04 Å². The lowest BCUT2D eigenvalue weighted by Gasteiger charge is -2.29. The van der Waals surface area contributed by atoms with Crippen LogP contribution in [0, 0.1) is 6.92 Å². The molecule has 0 aromatic heterocycles. The summed E-state index contributed by atoms with van der Waals surface area (Å²) in [5.74, 6) is 0.00369. The molecule has 0 saturated carbocycles. The van der Waals surface area contributed by atoms with E-state index in [-0.39, 0.29) is 25.0 Å². The number of hydrogen-bond donors (Lipinski definition) is 1. The highest BCUT2D eigenvalue weighted by atomic mass is 79.9. The van der Waals surface area contributed by atoms with E-state index in [0.717, 1.165) is 22.9 Å². The number of amides is 2. The molecule has 168 valence electrons. The molecule has 5 nitrogen and oxygen atoms in total. The fourth-order valence-corrected chi connectivity index (χ4v) is 3.67. The van der Waals surface area contributed by atoms with Crippen LogP contribution in [0.2, 0.25) is 10.0 Å². The maximum Gasteiger partial charge on any atom is 0.261 e. The largest absolute Gasteiger partial charge is 0.484 e. The number of benzene rings is 2. The summed E-state index contributed by atoms with van der Waals surface area (Å²) in [5, 5.41) is 3.75. The Bertz CT molecular complexity index is 903. The fraction of sp³-hybridized carbons (Fsp3) is 0.391. The van der Waals surface area contributed by atoms with Gasteiger partial charge in [0.2, 0.25) is 5.91 Å². The van der Waals surface area contributed by atoms with Gasteiger partial charge in [-0.2, -0.15) is 0 Å². The predicted octanol–water partition coefficient (Wildman–Crippen LogP) is 5.78. The minimum atomic E-state index is -0.716. The van der Waals surface area contributed by atoms with Gasteiger partial charge in [-0.15, -0.1) is 0 Å². The van der Waals surface area contributed by atoms with Crippen molar-refractivity contribution in [2.24, 2.45) is 0 Å². The maximum atomic E-state index is 13.1. The van der Waals surface area contributed by atoms with Crippen LogP contribution in [-0.2, 0) is 16.1 Å². The second-order valence-electron chi connectivity index (χ2n) is 7.24. The van der Waals surface area contributed by atoms with E-state index in [4.69, 9.17) is 27.9 Å². The summed E-state index contributed by atoms with van der Waals surface area (Å²) in [7, 11) is 0. The number of ether oxygens (including phenoxy) is 1. The molecule has 0 radical (unpaired) electrons. The number of carbonyl (C=O) groups is 2. The van der Waals surface area contributed by atoms with E-state index in [9.17, 15) is 9.59 Å². The van der Waals surface area contributed by atoms with Gasteiger partial charge in [0.1, 0.15) is 11.8 Å². The van der Waals surface area contributed by atoms with Crippen molar-refractivity contribution in [3.8, 4) is 5.75 Å². The molecular formula is C23H27BrCl2N2O3. The van der Waals surface area contributed by atoms with Gasteiger partial charge >= 0.3 is 0 Å². The molecule has 1 atom stereocenters. The lowest BCUT2D eigenvalue weighted by atomic mass is 10.1. The Balaban J connectivity index is 2.19. The van der Waals surface area contributed by atoms with Crippen molar-refractivity contribution >= 4 is 50.9 Å². The van der Waals surface area contributed by atoms with Crippen molar-refractivity contribution in [1.82, 2.24) is 10.2 Å². The Morgan fingerprint density at radius 3 is 2.48 bits per heavy atom. The molecule has 0 unspecified atom stereocenters. The van der Waals surface area contributed by atoms with Gasteiger partial charge in [0, 0.05) is 33.2 Å². The van der Waals surface area contributed by atoms with Crippen molar-refractivity contribution in [1.29, 1.82) is 0 Å². The summed E-state index contributed by atoms with van der Waals surface area (Å²) in [5.41, 5.74) is 1.58. The van der Waals surface area contributed by atoms with Crippen LogP contribution in [0.3, 0.4) is 0 Å². The first-order valence-corrected chi connectivity index (χ1v) is 11.7. The topological polar surface area (TPSA) is 58.6 Å². The third-order valence-electron chi connectivity index (χ3n) is 4.88. The van der Waals surface area contributed by atoms with Crippen LogP contribution < -0.4 is 10.1 Å². The summed E-state index contributed by atoms with van der Waals surface area (Å²) in [4.78, 5) is 27.2. The summed E-state index contributed by atoms with van der Waals surface area (Å²) in [6, 6.07) is 9.91. The number of halogens is 3. The second-order valence-corrected chi connectivity index (χ2v) is 8.91. The molecule has 8 heteroatoms. The van der Waals surface area contributed by atoms with Gasteiger partial charge < -0.3 is 15.0 Å². The quantitative estimate of drug-likeness (QED) is 0.397. The number of unbranched alkanes of at least 4 members (excludes halogenated alkanes) is 1. The van der Waals surface area contributed by atoms with E-state index in [0.29, 0.717) is 27.9 Å². The normalized spacial score (nSPS) is 11.7. The molecule has 2 rings (SSSR count). The molecule has 2 amide bonds. The van der Waals surface area contributed by atoms with E-state index in [1.807, 2.05) is 26.0 Å². The molecule has 0 saturated heterocycles. The number of hydrogen-bond acceptors (Lipinski definition) is 3. The van der Waals surface area contributed by atoms with E-state index in [1.165, 1.54) is 4.90 Å². The standard InChI is InChI=1S/C23H27BrCl2N2O3/c1-4-5-11-27-23(30)16(3)28(13-18-20(25)7-6-8-21(18)26)22(29)14-31-17-9-10-19(24)15(2)12-17/h6-10,12,16H,4-5,11,13-14H2,1-3H3,(H,27,30)/t16-/m1/s1. The molecule has 0 heterocycles. The molecule has 0 aliphatic rings. The maximum absolute atomic E-state index is 13.1. The molecule has 0 fully saturated rings. The Morgan fingerprint density at radius 1 is 1.19 bits per heavy atom. The third kappa shape index (κ3) is 7.41. The zero-order chi connectivity index (χ0) is 23.0. The number of nitrogens with zero attached hydrogens (tertiary/aromatic N) is 1. The smallest absolute Gasteiger partial charge is 0.261 e. The summed E-state index contributed by atoms with van der Waals surface area (Å²) in [6.45, 7) is 6.12. The fourth-order valence-electron chi connectivity index (χ4n) is 2.91. The first-order chi connectivity index (χ1) is 14.7. The highest BCUT2D eigenvalue weighted by molar-refractivity contribution is 9.10. The van der Waals surface area contributed by atoms with Crippen molar-refractivity contribution in [2.45, 2.75) is 46.2 Å². The first-order valence-electron chi connectivity index (χ1n) is 10.1. The average Bonchev–Trinajstić information content (AvgIpc) is 2.74. The number of carbonyl (C=O) groups excluding carboxylic acids is 2. The zero-order valence-electron chi connectivity index (χ0n) is 17.9. The van der Waals surface area contributed by atoms with Gasteiger partial charge in [0.25, 0.3) is 5.91 Å². The van der Waals surface area contributed by atoms with Crippen LogP contribution in [-0.4, -0.2) is 35.9 Å². The Labute approximate surface area is 202 Å². The van der Waals surface area contributed by atoms with E-state index in [2.05, 4.69) is 21.2 Å². The Morgan fingerprint density at radius 2 is 1.87 bits per heavy atom. The lowest BCUT2D eigenvalue weighted by molar-refractivity contribution is -0.142. The highest BCUT2D eigenvalue weighted by Crippen LogP contribution is 2.27. The van der Waals surface area contributed by atoms with Crippen LogP contribution in [0.5, 0.6) is 5.75 Å². The monoisotopic (exact) mass is 528 g/mol. The van der Waals surface area contributed by atoms with Gasteiger partial charge in [0.15, 0.2) is 6.61 Å². The van der Waals surface area contributed by atoms with Crippen LogP contribution in [0.4, 0.5) is 0 Å². The van der Waals surface area contributed by atoms with Crippen molar-refractivity contribution in [3.05, 3.63) is 62.0 Å². The van der Waals surface area contributed by atoms with Gasteiger partial charge in [-0.1, -0.05) is 58.5 Å². The zero-order valence-corrected chi connectivity index (χ0v) is 21.0. The van der Waals surface area contributed by atoms with E-state index >= 15 is 0 Å². The lowest BCUT2D eigenvalue weighted by Crippen LogP contribution is -2.49. The van der Waals surface area contributed by atoms with Gasteiger partial charge in [-0.25, -0.2) is 0 Å². The predicted molar refractivity (Wildman–Crippen MR) is 129 cm³/mol. The molecular weight excluding hydrogens is 503 g/mol.